The van der Waals surface area contributed by atoms with Crippen LogP contribution in [0.15, 0.2) is 47.8 Å². The van der Waals surface area contributed by atoms with Gasteiger partial charge < -0.3 is 15.6 Å². The molecule has 29 heavy (non-hydrogen) atoms. The summed E-state index contributed by atoms with van der Waals surface area (Å²) < 4.78 is 15.2. The fourth-order valence-electron chi connectivity index (χ4n) is 2.86. The molecule has 10 heteroatoms. The van der Waals surface area contributed by atoms with Crippen molar-refractivity contribution in [3.63, 3.8) is 0 Å². The number of pyridine rings is 1. The minimum Gasteiger partial charge on any atom is -0.397 e. The topological polar surface area (TPSA) is 98.7 Å². The number of anilines is 2. The molecule has 0 saturated carbocycles. The molecule has 0 spiro atoms. The number of carbonyl (C=O) groups excluding carboxylic acids is 1. The molecular formula is C19H17FN6OS2. The van der Waals surface area contributed by atoms with E-state index in [1.165, 1.54) is 35.2 Å². The molecule has 0 bridgehead atoms. The van der Waals surface area contributed by atoms with Gasteiger partial charge in [-0.15, -0.1) is 21.5 Å². The van der Waals surface area contributed by atoms with Crippen molar-refractivity contribution in [3.05, 3.63) is 48.4 Å². The largest absolute Gasteiger partial charge is 0.397 e. The van der Waals surface area contributed by atoms with E-state index in [0.717, 1.165) is 15.1 Å². The van der Waals surface area contributed by atoms with Crippen molar-refractivity contribution in [2.45, 2.75) is 18.6 Å². The second-order valence-corrected chi connectivity index (χ2v) is 8.04. The van der Waals surface area contributed by atoms with Crippen LogP contribution in [0.1, 0.15) is 6.92 Å². The number of benzene rings is 1. The average Bonchev–Trinajstić information content (AvgIpc) is 3.27. The maximum atomic E-state index is 13.2. The third-order valence-corrected chi connectivity index (χ3v) is 6.27. The molecule has 0 unspecified atom stereocenters. The lowest BCUT2D eigenvalue weighted by molar-refractivity contribution is -0.113. The predicted octanol–water partition coefficient (Wildman–Crippen LogP) is 4.03. The number of hydrogen-bond acceptors (Lipinski definition) is 7. The molecule has 148 valence electrons. The normalized spacial score (nSPS) is 11.1. The molecule has 3 aromatic heterocycles. The van der Waals surface area contributed by atoms with E-state index in [9.17, 15) is 9.18 Å². The first-order valence-electron chi connectivity index (χ1n) is 8.81. The molecular weight excluding hydrogens is 411 g/mol. The molecule has 0 saturated heterocycles. The van der Waals surface area contributed by atoms with Gasteiger partial charge in [-0.3, -0.25) is 4.79 Å². The summed E-state index contributed by atoms with van der Waals surface area (Å²) >= 11 is 2.73. The highest BCUT2D eigenvalue weighted by atomic mass is 32.2. The van der Waals surface area contributed by atoms with E-state index in [1.54, 1.807) is 18.3 Å². The van der Waals surface area contributed by atoms with Crippen molar-refractivity contribution < 1.29 is 9.18 Å². The van der Waals surface area contributed by atoms with Crippen LogP contribution in [-0.2, 0) is 11.3 Å². The zero-order valence-electron chi connectivity index (χ0n) is 15.4. The highest BCUT2D eigenvalue weighted by Gasteiger charge is 2.20. The number of hydrogen-bond donors (Lipinski definition) is 2. The van der Waals surface area contributed by atoms with Crippen molar-refractivity contribution >= 4 is 50.6 Å². The van der Waals surface area contributed by atoms with Gasteiger partial charge in [0.25, 0.3) is 0 Å². The van der Waals surface area contributed by atoms with Gasteiger partial charge in [0.05, 0.1) is 16.3 Å². The van der Waals surface area contributed by atoms with Crippen LogP contribution in [0, 0.1) is 5.82 Å². The fourth-order valence-corrected chi connectivity index (χ4v) is 4.72. The molecule has 0 aliphatic carbocycles. The Balaban J connectivity index is 1.53. The lowest BCUT2D eigenvalue weighted by Gasteiger charge is -2.07. The Morgan fingerprint density at radius 3 is 2.93 bits per heavy atom. The van der Waals surface area contributed by atoms with E-state index in [4.69, 9.17) is 5.73 Å². The number of rotatable bonds is 6. The lowest BCUT2D eigenvalue weighted by atomic mass is 10.2. The predicted molar refractivity (Wildman–Crippen MR) is 114 cm³/mol. The molecule has 0 aliphatic heterocycles. The molecule has 4 rings (SSSR count). The Labute approximate surface area is 174 Å². The van der Waals surface area contributed by atoms with E-state index in [0.29, 0.717) is 28.9 Å². The maximum Gasteiger partial charge on any atom is 0.234 e. The lowest BCUT2D eigenvalue weighted by Crippen LogP contribution is -2.14. The minimum atomic E-state index is -0.402. The Kier molecular flexibility index (Phi) is 5.45. The molecule has 3 heterocycles. The first-order chi connectivity index (χ1) is 14.1. The average molecular weight is 429 g/mol. The number of fused-ring (bicyclic) bond motifs is 1. The summed E-state index contributed by atoms with van der Waals surface area (Å²) in [5, 5.41) is 12.7. The summed E-state index contributed by atoms with van der Waals surface area (Å²) in [6.07, 6.45) is 1.73. The van der Waals surface area contributed by atoms with E-state index in [2.05, 4.69) is 20.5 Å². The number of thioether (sulfide) groups is 1. The van der Waals surface area contributed by atoms with Crippen LogP contribution in [0.2, 0.25) is 0 Å². The third kappa shape index (κ3) is 3.94. The monoisotopic (exact) mass is 428 g/mol. The number of carbonyl (C=O) groups is 1. The Morgan fingerprint density at radius 1 is 1.31 bits per heavy atom. The van der Waals surface area contributed by atoms with Crippen LogP contribution >= 0.6 is 23.1 Å². The molecule has 0 atom stereocenters. The van der Waals surface area contributed by atoms with Gasteiger partial charge in [-0.25, -0.2) is 9.37 Å². The van der Waals surface area contributed by atoms with Crippen LogP contribution in [0.4, 0.5) is 15.8 Å². The van der Waals surface area contributed by atoms with Gasteiger partial charge in [-0.05, 0) is 37.3 Å². The Hall–Kier alpha value is -2.98. The van der Waals surface area contributed by atoms with Crippen molar-refractivity contribution in [1.29, 1.82) is 0 Å². The zero-order chi connectivity index (χ0) is 20.4. The second kappa shape index (κ2) is 8.18. The molecule has 1 aromatic carbocycles. The zero-order valence-corrected chi connectivity index (χ0v) is 17.1. The van der Waals surface area contributed by atoms with Gasteiger partial charge >= 0.3 is 0 Å². The van der Waals surface area contributed by atoms with E-state index in [-0.39, 0.29) is 11.7 Å². The summed E-state index contributed by atoms with van der Waals surface area (Å²) in [5.41, 5.74) is 7.35. The number of amides is 1. The SMILES string of the molecule is CCn1c(SCC(=O)Nc2cccc(F)c2)nnc1-c1sc2ncccc2c1N. The van der Waals surface area contributed by atoms with Gasteiger partial charge in [0.15, 0.2) is 11.0 Å². The van der Waals surface area contributed by atoms with E-state index < -0.39 is 5.82 Å². The smallest absolute Gasteiger partial charge is 0.234 e. The summed E-state index contributed by atoms with van der Waals surface area (Å²) in [5.74, 6) is 0.124. The number of nitrogens with two attached hydrogens (primary N) is 1. The Bertz CT molecular complexity index is 1190. The van der Waals surface area contributed by atoms with Gasteiger partial charge in [0, 0.05) is 23.8 Å². The Morgan fingerprint density at radius 2 is 2.17 bits per heavy atom. The first kappa shape index (κ1) is 19.3. The van der Waals surface area contributed by atoms with Gasteiger partial charge in [-0.2, -0.15) is 0 Å². The summed E-state index contributed by atoms with van der Waals surface area (Å²) in [6, 6.07) is 9.55. The van der Waals surface area contributed by atoms with E-state index in [1.807, 2.05) is 23.6 Å². The van der Waals surface area contributed by atoms with E-state index >= 15 is 0 Å². The van der Waals surface area contributed by atoms with Crippen LogP contribution < -0.4 is 11.1 Å². The molecule has 3 N–H and O–H groups in total. The van der Waals surface area contributed by atoms with Crippen LogP contribution in [0.5, 0.6) is 0 Å². The van der Waals surface area contributed by atoms with Crippen LogP contribution in [-0.4, -0.2) is 31.4 Å². The number of nitrogens with zero attached hydrogens (tertiary/aromatic N) is 4. The number of halogens is 1. The molecule has 1 amide bonds. The number of aromatic nitrogens is 4. The minimum absolute atomic E-state index is 0.123. The fraction of sp³-hybridized carbons (Fsp3) is 0.158. The molecule has 0 aliphatic rings. The van der Waals surface area contributed by atoms with Crippen molar-refractivity contribution in [2.75, 3.05) is 16.8 Å². The standard InChI is InChI=1S/C19H17FN6OS2/c1-2-26-17(16-15(21)13-7-4-8-22-18(13)29-16)24-25-19(26)28-10-14(27)23-12-6-3-5-11(20)9-12/h3-9H,2,10,21H2,1H3,(H,23,27). The summed E-state index contributed by atoms with van der Waals surface area (Å²) in [6.45, 7) is 2.60. The summed E-state index contributed by atoms with van der Waals surface area (Å²) in [4.78, 5) is 18.2. The number of nitrogens with one attached hydrogen (secondary N) is 1. The van der Waals surface area contributed by atoms with Gasteiger partial charge in [-0.1, -0.05) is 17.8 Å². The molecule has 7 nitrogen and oxygen atoms in total. The van der Waals surface area contributed by atoms with Crippen LogP contribution in [0.25, 0.3) is 20.9 Å². The van der Waals surface area contributed by atoms with Gasteiger partial charge in [0.1, 0.15) is 10.6 Å². The van der Waals surface area contributed by atoms with Crippen molar-refractivity contribution in [1.82, 2.24) is 19.7 Å². The van der Waals surface area contributed by atoms with Gasteiger partial charge in [0.2, 0.25) is 5.91 Å². The molecule has 0 radical (unpaired) electrons. The highest BCUT2D eigenvalue weighted by Crippen LogP contribution is 2.39. The maximum absolute atomic E-state index is 13.2. The summed E-state index contributed by atoms with van der Waals surface area (Å²) in [7, 11) is 0. The van der Waals surface area contributed by atoms with Crippen molar-refractivity contribution in [2.24, 2.45) is 0 Å². The number of thiophene rings is 1. The molecule has 4 aromatic rings. The third-order valence-electron chi connectivity index (χ3n) is 4.18. The highest BCUT2D eigenvalue weighted by molar-refractivity contribution is 7.99. The van der Waals surface area contributed by atoms with Crippen molar-refractivity contribution in [3.8, 4) is 10.7 Å². The van der Waals surface area contributed by atoms with Crippen LogP contribution in [0.3, 0.4) is 0 Å². The second-order valence-electron chi connectivity index (χ2n) is 6.10. The first-order valence-corrected chi connectivity index (χ1v) is 10.6. The number of nitrogen functional groups attached to an aromatic ring is 1. The molecule has 0 fully saturated rings. The quantitative estimate of drug-likeness (QED) is 0.450.